The molecule has 2 aliphatic heterocycles. The van der Waals surface area contributed by atoms with Gasteiger partial charge in [0.1, 0.15) is 6.33 Å². The van der Waals surface area contributed by atoms with Gasteiger partial charge in [-0.1, -0.05) is 37.3 Å². The molecule has 0 saturated heterocycles. The Kier molecular flexibility index (Phi) is 5.53. The van der Waals surface area contributed by atoms with E-state index in [-0.39, 0.29) is 17.9 Å². The van der Waals surface area contributed by atoms with E-state index >= 15 is 0 Å². The monoisotopic (exact) mass is 431 g/mol. The van der Waals surface area contributed by atoms with Gasteiger partial charge in [-0.3, -0.25) is 4.79 Å². The third-order valence-electron chi connectivity index (χ3n) is 6.90. The van der Waals surface area contributed by atoms with Crippen molar-refractivity contribution in [1.82, 2.24) is 25.0 Å². The number of nitrogens with one attached hydrogen (secondary N) is 1. The van der Waals surface area contributed by atoms with Crippen LogP contribution in [0.3, 0.4) is 0 Å². The molecule has 0 saturated carbocycles. The van der Waals surface area contributed by atoms with Crippen LogP contribution in [0.5, 0.6) is 0 Å². The summed E-state index contributed by atoms with van der Waals surface area (Å²) in [6.07, 6.45) is 2.61. The summed E-state index contributed by atoms with van der Waals surface area (Å²) >= 11 is 0. The molecular formula is C25H29N5O2. The number of aryl methyl sites for hydroxylation is 1. The van der Waals surface area contributed by atoms with Gasteiger partial charge in [0.25, 0.3) is 5.91 Å². The van der Waals surface area contributed by atoms with Crippen molar-refractivity contribution < 1.29 is 9.90 Å². The fourth-order valence-corrected chi connectivity index (χ4v) is 5.02. The van der Waals surface area contributed by atoms with Gasteiger partial charge in [0.05, 0.1) is 6.10 Å². The van der Waals surface area contributed by atoms with Gasteiger partial charge in [0.15, 0.2) is 5.82 Å². The topological polar surface area (TPSA) is 83.3 Å². The first kappa shape index (κ1) is 20.8. The number of nitrogens with zero attached hydrogens (tertiary/aromatic N) is 4. The standard InChI is InChI=1S/C25H29N5O2/c1-3-16-13-30(14-23(31)22-11-17-6-4-5-7-19(17)12-26-22)25(32)20-9-8-18(10-21(16)20)24-27-15-28-29(24)2/h4-10,15-16,22-23,26,31H,3,11-14H2,1-2H3/t16-,22-,23-/m0/s1. The maximum absolute atomic E-state index is 13.3. The highest BCUT2D eigenvalue weighted by Gasteiger charge is 2.34. The summed E-state index contributed by atoms with van der Waals surface area (Å²) in [5, 5.41) is 18.6. The second-order valence-corrected chi connectivity index (χ2v) is 8.85. The van der Waals surface area contributed by atoms with Crippen LogP contribution in [0.4, 0.5) is 0 Å². The molecule has 32 heavy (non-hydrogen) atoms. The van der Waals surface area contributed by atoms with Crippen molar-refractivity contribution in [3.63, 3.8) is 0 Å². The van der Waals surface area contributed by atoms with Crippen LogP contribution in [0.2, 0.25) is 0 Å². The Morgan fingerprint density at radius 1 is 1.22 bits per heavy atom. The zero-order valence-electron chi connectivity index (χ0n) is 18.5. The molecule has 2 aromatic carbocycles. The number of hydrogen-bond acceptors (Lipinski definition) is 5. The highest BCUT2D eigenvalue weighted by molar-refractivity contribution is 5.97. The van der Waals surface area contributed by atoms with Gasteiger partial charge in [-0.15, -0.1) is 0 Å². The van der Waals surface area contributed by atoms with E-state index in [2.05, 4.69) is 40.5 Å². The van der Waals surface area contributed by atoms with Crippen molar-refractivity contribution in [3.8, 4) is 11.4 Å². The number of carbonyl (C=O) groups is 1. The number of aromatic nitrogens is 3. The average Bonchev–Trinajstić information content (AvgIpc) is 3.26. The van der Waals surface area contributed by atoms with E-state index in [1.807, 2.05) is 36.2 Å². The number of β-amino-alcohol motifs (C(OH)–C–C–N with tert-alkyl or cyclic N) is 1. The number of aliphatic hydroxyl groups excluding tert-OH is 1. The van der Waals surface area contributed by atoms with E-state index in [9.17, 15) is 9.90 Å². The smallest absolute Gasteiger partial charge is 0.254 e. The van der Waals surface area contributed by atoms with Crippen molar-refractivity contribution in [3.05, 3.63) is 71.0 Å². The van der Waals surface area contributed by atoms with Crippen LogP contribution in [-0.4, -0.2) is 55.9 Å². The Bertz CT molecular complexity index is 1140. The number of rotatable bonds is 5. The van der Waals surface area contributed by atoms with Crippen LogP contribution in [0.1, 0.15) is 46.3 Å². The fourth-order valence-electron chi connectivity index (χ4n) is 5.02. The van der Waals surface area contributed by atoms with Crippen molar-refractivity contribution in [2.75, 3.05) is 13.1 Å². The van der Waals surface area contributed by atoms with Crippen LogP contribution in [-0.2, 0) is 20.0 Å². The molecule has 7 heteroatoms. The maximum Gasteiger partial charge on any atom is 0.254 e. The molecule has 2 N–H and O–H groups in total. The summed E-state index contributed by atoms with van der Waals surface area (Å²) < 4.78 is 1.74. The zero-order chi connectivity index (χ0) is 22.2. The normalized spacial score (nSPS) is 21.2. The van der Waals surface area contributed by atoms with Crippen LogP contribution >= 0.6 is 0 Å². The number of carbonyl (C=O) groups excluding carboxylic acids is 1. The van der Waals surface area contributed by atoms with Gasteiger partial charge >= 0.3 is 0 Å². The summed E-state index contributed by atoms with van der Waals surface area (Å²) in [5.74, 6) is 1.00. The van der Waals surface area contributed by atoms with Gasteiger partial charge in [0.2, 0.25) is 0 Å². The van der Waals surface area contributed by atoms with Crippen molar-refractivity contribution in [1.29, 1.82) is 0 Å². The van der Waals surface area contributed by atoms with Gasteiger partial charge in [-0.05, 0) is 41.7 Å². The zero-order valence-corrected chi connectivity index (χ0v) is 18.5. The predicted molar refractivity (Wildman–Crippen MR) is 122 cm³/mol. The summed E-state index contributed by atoms with van der Waals surface area (Å²) in [6, 6.07) is 14.2. The summed E-state index contributed by atoms with van der Waals surface area (Å²) in [6.45, 7) is 3.84. The summed E-state index contributed by atoms with van der Waals surface area (Å²) in [7, 11) is 1.87. The molecule has 0 radical (unpaired) electrons. The van der Waals surface area contributed by atoms with Crippen LogP contribution < -0.4 is 5.32 Å². The Hall–Kier alpha value is -3.03. The number of benzene rings is 2. The summed E-state index contributed by atoms with van der Waals surface area (Å²) in [5.41, 5.74) is 5.31. The van der Waals surface area contributed by atoms with Crippen LogP contribution in [0.15, 0.2) is 48.8 Å². The van der Waals surface area contributed by atoms with Gasteiger partial charge in [0, 0.05) is 49.8 Å². The van der Waals surface area contributed by atoms with Gasteiger partial charge in [-0.25, -0.2) is 9.67 Å². The first-order chi connectivity index (χ1) is 15.5. The number of hydrogen-bond donors (Lipinski definition) is 2. The fraction of sp³-hybridized carbons (Fsp3) is 0.400. The minimum Gasteiger partial charge on any atom is -0.390 e. The third-order valence-corrected chi connectivity index (χ3v) is 6.90. The Morgan fingerprint density at radius 3 is 2.78 bits per heavy atom. The lowest BCUT2D eigenvalue weighted by molar-refractivity contribution is 0.0484. The molecule has 1 aromatic heterocycles. The quantitative estimate of drug-likeness (QED) is 0.649. The molecule has 5 rings (SSSR count). The molecule has 3 atom stereocenters. The molecule has 0 bridgehead atoms. The van der Waals surface area contributed by atoms with Crippen LogP contribution in [0.25, 0.3) is 11.4 Å². The highest BCUT2D eigenvalue weighted by Crippen LogP contribution is 2.34. The largest absolute Gasteiger partial charge is 0.390 e. The maximum atomic E-state index is 13.3. The van der Waals surface area contributed by atoms with E-state index in [1.54, 1.807) is 4.68 Å². The van der Waals surface area contributed by atoms with Crippen molar-refractivity contribution >= 4 is 5.91 Å². The first-order valence-electron chi connectivity index (χ1n) is 11.3. The number of amides is 1. The van der Waals surface area contributed by atoms with E-state index < -0.39 is 6.10 Å². The SMILES string of the molecule is CC[C@H]1CN(C[C@H](O)[C@@H]2Cc3ccccc3CN2)C(=O)c2ccc(-c3ncnn3C)cc21. The lowest BCUT2D eigenvalue weighted by Gasteiger charge is -2.38. The number of fused-ring (bicyclic) bond motifs is 2. The van der Waals surface area contributed by atoms with E-state index in [0.29, 0.717) is 13.1 Å². The molecule has 2 aliphatic rings. The van der Waals surface area contributed by atoms with Gasteiger partial charge < -0.3 is 15.3 Å². The first-order valence-corrected chi connectivity index (χ1v) is 11.3. The number of aliphatic hydroxyl groups is 1. The molecule has 0 unspecified atom stereocenters. The Labute approximate surface area is 188 Å². The van der Waals surface area contributed by atoms with E-state index in [1.165, 1.54) is 17.5 Å². The lowest BCUT2D eigenvalue weighted by atomic mass is 9.85. The second-order valence-electron chi connectivity index (χ2n) is 8.85. The second kappa shape index (κ2) is 8.48. The van der Waals surface area contributed by atoms with Gasteiger partial charge in [-0.2, -0.15) is 5.10 Å². The molecule has 1 amide bonds. The highest BCUT2D eigenvalue weighted by atomic mass is 16.3. The molecule has 0 aliphatic carbocycles. The predicted octanol–water partition coefficient (Wildman–Crippen LogP) is 2.51. The molecule has 7 nitrogen and oxygen atoms in total. The molecule has 0 fully saturated rings. The van der Waals surface area contributed by atoms with E-state index in [0.717, 1.165) is 41.9 Å². The minimum atomic E-state index is -0.621. The Morgan fingerprint density at radius 2 is 2.03 bits per heavy atom. The molecule has 3 heterocycles. The molecule has 0 spiro atoms. The van der Waals surface area contributed by atoms with Crippen molar-refractivity contribution in [2.24, 2.45) is 7.05 Å². The third kappa shape index (κ3) is 3.72. The summed E-state index contributed by atoms with van der Waals surface area (Å²) in [4.78, 5) is 19.5. The average molecular weight is 432 g/mol. The molecule has 3 aromatic rings. The van der Waals surface area contributed by atoms with Crippen LogP contribution in [0, 0.1) is 0 Å². The Balaban J connectivity index is 1.35. The van der Waals surface area contributed by atoms with Crippen molar-refractivity contribution in [2.45, 2.75) is 44.4 Å². The minimum absolute atomic E-state index is 0.00975. The molecule has 166 valence electrons. The van der Waals surface area contributed by atoms with E-state index in [4.69, 9.17) is 0 Å². The lowest BCUT2D eigenvalue weighted by Crippen LogP contribution is -2.52. The molecular weight excluding hydrogens is 402 g/mol.